The van der Waals surface area contributed by atoms with E-state index in [1.54, 1.807) is 24.3 Å². The number of allylic oxidation sites excluding steroid dienone is 1. The van der Waals surface area contributed by atoms with Crippen LogP contribution in [0.5, 0.6) is 0 Å². The Bertz CT molecular complexity index is 1230. The molecule has 3 aromatic rings. The highest BCUT2D eigenvalue weighted by atomic mass is 32.2. The summed E-state index contributed by atoms with van der Waals surface area (Å²) >= 11 is 0. The van der Waals surface area contributed by atoms with Crippen molar-refractivity contribution in [2.45, 2.75) is 44.9 Å². The molecule has 3 aromatic carbocycles. The van der Waals surface area contributed by atoms with Crippen molar-refractivity contribution in [2.75, 3.05) is 0 Å². The molecule has 0 aromatic heterocycles. The first kappa shape index (κ1) is 23.5. The van der Waals surface area contributed by atoms with Crippen LogP contribution in [0.2, 0.25) is 0 Å². The SMILES string of the molecule is CCCCC(=N\O)/C(=C(\c1ccccc1)c1ccccc1C)S(=O)(=O)c1ccc(C)cc1. The van der Waals surface area contributed by atoms with Gasteiger partial charge in [0.2, 0.25) is 9.84 Å². The average molecular weight is 448 g/mol. The van der Waals surface area contributed by atoms with Gasteiger partial charge in [0.05, 0.1) is 10.6 Å². The third-order valence-electron chi connectivity index (χ3n) is 5.45. The molecule has 0 atom stereocenters. The highest BCUT2D eigenvalue weighted by molar-refractivity contribution is 7.96. The zero-order valence-electron chi connectivity index (χ0n) is 18.7. The van der Waals surface area contributed by atoms with Gasteiger partial charge in [-0.3, -0.25) is 0 Å². The molecule has 5 heteroatoms. The molecule has 0 bridgehead atoms. The highest BCUT2D eigenvalue weighted by Gasteiger charge is 2.31. The van der Waals surface area contributed by atoms with E-state index in [2.05, 4.69) is 5.16 Å². The fourth-order valence-electron chi connectivity index (χ4n) is 3.69. The Labute approximate surface area is 190 Å². The van der Waals surface area contributed by atoms with Crippen LogP contribution in [0.4, 0.5) is 0 Å². The molecule has 0 heterocycles. The van der Waals surface area contributed by atoms with E-state index in [0.29, 0.717) is 18.4 Å². The Kier molecular flexibility index (Phi) is 7.65. The predicted octanol–water partition coefficient (Wildman–Crippen LogP) is 6.56. The molecule has 4 nitrogen and oxygen atoms in total. The summed E-state index contributed by atoms with van der Waals surface area (Å²) in [6.45, 7) is 5.89. The van der Waals surface area contributed by atoms with E-state index >= 15 is 0 Å². The Morgan fingerprint density at radius 3 is 2.09 bits per heavy atom. The summed E-state index contributed by atoms with van der Waals surface area (Å²) in [5.41, 5.74) is 4.18. The summed E-state index contributed by atoms with van der Waals surface area (Å²) in [5.74, 6) is 0. The number of hydrogen-bond donors (Lipinski definition) is 1. The van der Waals surface area contributed by atoms with Gasteiger partial charge >= 0.3 is 0 Å². The number of unbranched alkanes of at least 4 members (excludes halogenated alkanes) is 1. The number of oxime groups is 1. The first-order chi connectivity index (χ1) is 15.4. The smallest absolute Gasteiger partial charge is 0.209 e. The van der Waals surface area contributed by atoms with Crippen molar-refractivity contribution in [1.82, 2.24) is 0 Å². The molecule has 0 amide bonds. The van der Waals surface area contributed by atoms with Crippen molar-refractivity contribution in [2.24, 2.45) is 5.16 Å². The lowest BCUT2D eigenvalue weighted by Gasteiger charge is -2.19. The van der Waals surface area contributed by atoms with Crippen LogP contribution >= 0.6 is 0 Å². The molecule has 1 N–H and O–H groups in total. The van der Waals surface area contributed by atoms with Gasteiger partial charge in [-0.05, 0) is 55.5 Å². The number of rotatable bonds is 8. The van der Waals surface area contributed by atoms with Crippen molar-refractivity contribution in [3.05, 3.63) is 106 Å². The summed E-state index contributed by atoms with van der Waals surface area (Å²) in [6.07, 6.45) is 1.92. The molecular formula is C27H29NO3S. The number of sulfone groups is 1. The molecule has 0 aliphatic rings. The lowest BCUT2D eigenvalue weighted by atomic mass is 9.92. The molecule has 0 saturated carbocycles. The van der Waals surface area contributed by atoms with Gasteiger partial charge in [0.1, 0.15) is 4.91 Å². The van der Waals surface area contributed by atoms with Gasteiger partial charge in [-0.2, -0.15) is 0 Å². The zero-order chi connectivity index (χ0) is 23.1. The summed E-state index contributed by atoms with van der Waals surface area (Å²) < 4.78 is 28.1. The Balaban J connectivity index is 2.45. The second-order valence-electron chi connectivity index (χ2n) is 7.85. The topological polar surface area (TPSA) is 66.7 Å². The minimum absolute atomic E-state index is 0.0535. The largest absolute Gasteiger partial charge is 0.411 e. The van der Waals surface area contributed by atoms with Crippen LogP contribution in [0.3, 0.4) is 0 Å². The summed E-state index contributed by atoms with van der Waals surface area (Å²) in [7, 11) is -3.98. The van der Waals surface area contributed by atoms with Crippen LogP contribution in [-0.2, 0) is 9.84 Å². The van der Waals surface area contributed by atoms with Crippen LogP contribution in [0, 0.1) is 13.8 Å². The maximum absolute atomic E-state index is 14.1. The van der Waals surface area contributed by atoms with Crippen LogP contribution in [0.1, 0.15) is 48.4 Å². The minimum Gasteiger partial charge on any atom is -0.411 e. The number of nitrogens with zero attached hydrogens (tertiary/aromatic N) is 1. The van der Waals surface area contributed by atoms with Crippen molar-refractivity contribution >= 4 is 21.1 Å². The lowest BCUT2D eigenvalue weighted by Crippen LogP contribution is -2.18. The Hall–Kier alpha value is -3.18. The van der Waals surface area contributed by atoms with E-state index in [9.17, 15) is 13.6 Å². The van der Waals surface area contributed by atoms with E-state index in [-0.39, 0.29) is 15.5 Å². The number of benzene rings is 3. The maximum atomic E-state index is 14.1. The van der Waals surface area contributed by atoms with E-state index in [1.165, 1.54) is 0 Å². The molecular weight excluding hydrogens is 418 g/mol. The van der Waals surface area contributed by atoms with Crippen molar-refractivity contribution in [3.63, 3.8) is 0 Å². The molecule has 3 rings (SSSR count). The van der Waals surface area contributed by atoms with Crippen LogP contribution in [-0.4, -0.2) is 19.3 Å². The van der Waals surface area contributed by atoms with Crippen LogP contribution in [0.25, 0.3) is 5.57 Å². The molecule has 0 fully saturated rings. The van der Waals surface area contributed by atoms with Gasteiger partial charge in [0.15, 0.2) is 0 Å². The number of aryl methyl sites for hydroxylation is 2. The molecule has 0 aliphatic carbocycles. The third-order valence-corrected chi connectivity index (χ3v) is 7.32. The van der Waals surface area contributed by atoms with Crippen molar-refractivity contribution in [1.29, 1.82) is 0 Å². The van der Waals surface area contributed by atoms with Crippen LogP contribution < -0.4 is 0 Å². The van der Waals surface area contributed by atoms with Gasteiger partial charge in [0.25, 0.3) is 0 Å². The minimum atomic E-state index is -3.98. The second-order valence-corrected chi connectivity index (χ2v) is 9.74. The standard InChI is InChI=1S/C27H29NO3S/c1-4-5-15-25(28-29)27(32(30,31)23-18-16-20(2)17-19-23)26(22-12-7-6-8-13-22)24-14-10-9-11-21(24)3/h6-14,16-19,29H,4-5,15H2,1-3H3/b27-26-,28-25+. The molecule has 0 saturated heterocycles. The predicted molar refractivity (Wildman–Crippen MR) is 131 cm³/mol. The maximum Gasteiger partial charge on any atom is 0.209 e. The summed E-state index contributed by atoms with van der Waals surface area (Å²) in [4.78, 5) is 0.232. The molecule has 0 radical (unpaired) electrons. The molecule has 0 aliphatic heterocycles. The fourth-order valence-corrected chi connectivity index (χ4v) is 5.37. The van der Waals surface area contributed by atoms with Gasteiger partial charge in [0, 0.05) is 5.57 Å². The molecule has 0 unspecified atom stereocenters. The van der Waals surface area contributed by atoms with E-state index in [0.717, 1.165) is 28.7 Å². The normalized spacial score (nSPS) is 13.0. The fraction of sp³-hybridized carbons (Fsp3) is 0.222. The summed E-state index contributed by atoms with van der Waals surface area (Å²) in [5, 5.41) is 13.5. The van der Waals surface area contributed by atoms with E-state index < -0.39 is 9.84 Å². The Morgan fingerprint density at radius 1 is 0.875 bits per heavy atom. The first-order valence-electron chi connectivity index (χ1n) is 10.8. The quantitative estimate of drug-likeness (QED) is 0.242. The molecule has 166 valence electrons. The number of hydrogen-bond acceptors (Lipinski definition) is 4. The van der Waals surface area contributed by atoms with Crippen molar-refractivity contribution < 1.29 is 13.6 Å². The summed E-state index contributed by atoms with van der Waals surface area (Å²) in [6, 6.07) is 23.9. The van der Waals surface area contributed by atoms with Crippen molar-refractivity contribution in [3.8, 4) is 0 Å². The van der Waals surface area contributed by atoms with Gasteiger partial charge in [-0.1, -0.05) is 90.8 Å². The molecule has 0 spiro atoms. The lowest BCUT2D eigenvalue weighted by molar-refractivity contribution is 0.318. The third kappa shape index (κ3) is 5.00. The monoisotopic (exact) mass is 447 g/mol. The van der Waals surface area contributed by atoms with Crippen LogP contribution in [0.15, 0.2) is 93.8 Å². The Morgan fingerprint density at radius 2 is 1.50 bits per heavy atom. The average Bonchev–Trinajstić information content (AvgIpc) is 2.80. The second kappa shape index (κ2) is 10.4. The molecule has 32 heavy (non-hydrogen) atoms. The van der Waals surface area contributed by atoms with E-state index in [4.69, 9.17) is 0 Å². The van der Waals surface area contributed by atoms with Gasteiger partial charge in [-0.25, -0.2) is 8.42 Å². The highest BCUT2D eigenvalue weighted by Crippen LogP contribution is 2.36. The zero-order valence-corrected chi connectivity index (χ0v) is 19.6. The first-order valence-corrected chi connectivity index (χ1v) is 12.3. The van der Waals surface area contributed by atoms with Gasteiger partial charge < -0.3 is 5.21 Å². The van der Waals surface area contributed by atoms with Gasteiger partial charge in [-0.15, -0.1) is 0 Å². The van der Waals surface area contributed by atoms with E-state index in [1.807, 2.05) is 75.4 Å².